The second-order valence-electron chi connectivity index (χ2n) is 5.35. The third-order valence-corrected chi connectivity index (χ3v) is 4.41. The molecule has 20 heavy (non-hydrogen) atoms. The predicted octanol–water partition coefficient (Wildman–Crippen LogP) is 2.49. The van der Waals surface area contributed by atoms with Crippen molar-refractivity contribution in [3.8, 4) is 0 Å². The summed E-state index contributed by atoms with van der Waals surface area (Å²) in [6.45, 7) is 2.99. The number of carbonyl (C=O) groups excluding carboxylic acids is 1. The minimum absolute atomic E-state index is 0.155. The summed E-state index contributed by atoms with van der Waals surface area (Å²) in [6.07, 6.45) is 1.36. The van der Waals surface area contributed by atoms with Crippen molar-refractivity contribution in [1.29, 1.82) is 0 Å². The topological polar surface area (TPSA) is 46.3 Å². The Bertz CT molecular complexity index is 554. The van der Waals surface area contributed by atoms with Gasteiger partial charge in [-0.2, -0.15) is 0 Å². The summed E-state index contributed by atoms with van der Waals surface area (Å²) < 4.78 is 26.0. The highest BCUT2D eigenvalue weighted by Gasteiger charge is 2.34. The lowest BCUT2D eigenvalue weighted by atomic mass is 9.80. The van der Waals surface area contributed by atoms with Crippen LogP contribution in [0.25, 0.3) is 0 Å². The molecule has 1 aromatic rings. The maximum absolute atomic E-state index is 13.2. The highest BCUT2D eigenvalue weighted by Crippen LogP contribution is 2.31. The van der Waals surface area contributed by atoms with Crippen molar-refractivity contribution < 1.29 is 13.6 Å². The molecular weight excluding hydrogens is 282 g/mol. The van der Waals surface area contributed by atoms with Gasteiger partial charge in [0.25, 0.3) is 5.91 Å². The smallest absolute Gasteiger partial charge is 0.253 e. The number of hydrogen-bond donors (Lipinski definition) is 1. The molecule has 0 aliphatic carbocycles. The highest BCUT2D eigenvalue weighted by molar-refractivity contribution is 7.80. The molecule has 1 saturated heterocycles. The Balaban J connectivity index is 2.08. The summed E-state index contributed by atoms with van der Waals surface area (Å²) in [4.78, 5) is 14.3. The van der Waals surface area contributed by atoms with Gasteiger partial charge in [-0.3, -0.25) is 4.79 Å². The Kier molecular flexibility index (Phi) is 4.04. The molecule has 1 fully saturated rings. The number of nitrogens with zero attached hydrogens (tertiary/aromatic N) is 1. The Morgan fingerprint density at radius 2 is 1.90 bits per heavy atom. The first-order valence-corrected chi connectivity index (χ1v) is 6.78. The number of rotatable bonds is 2. The van der Waals surface area contributed by atoms with E-state index < -0.39 is 11.6 Å². The molecule has 1 aliphatic rings. The first-order valence-electron chi connectivity index (χ1n) is 6.38. The number of thiocarbonyl (C=S) groups is 1. The Morgan fingerprint density at radius 3 is 2.40 bits per heavy atom. The van der Waals surface area contributed by atoms with Crippen LogP contribution in [0, 0.1) is 17.0 Å². The van der Waals surface area contributed by atoms with Gasteiger partial charge in [0.2, 0.25) is 0 Å². The summed E-state index contributed by atoms with van der Waals surface area (Å²) >= 11 is 5.04. The monoisotopic (exact) mass is 298 g/mol. The van der Waals surface area contributed by atoms with Gasteiger partial charge in [-0.15, -0.1) is 0 Å². The number of carbonyl (C=O) groups is 1. The fourth-order valence-corrected chi connectivity index (χ4v) is 2.47. The number of piperidine rings is 1. The van der Waals surface area contributed by atoms with Crippen LogP contribution in [0.15, 0.2) is 18.2 Å². The molecule has 2 N–H and O–H groups in total. The van der Waals surface area contributed by atoms with Crippen LogP contribution >= 0.6 is 12.2 Å². The van der Waals surface area contributed by atoms with Crippen molar-refractivity contribution in [2.24, 2.45) is 11.1 Å². The number of nitrogens with two attached hydrogens (primary N) is 1. The molecule has 1 aromatic carbocycles. The van der Waals surface area contributed by atoms with Gasteiger partial charge >= 0.3 is 0 Å². The van der Waals surface area contributed by atoms with Gasteiger partial charge in [-0.1, -0.05) is 19.1 Å². The van der Waals surface area contributed by atoms with E-state index >= 15 is 0 Å². The van der Waals surface area contributed by atoms with Crippen LogP contribution in [0.5, 0.6) is 0 Å². The number of likely N-dealkylation sites (tertiary alicyclic amines) is 1. The molecule has 0 spiro atoms. The average molecular weight is 298 g/mol. The van der Waals surface area contributed by atoms with Crippen LogP contribution < -0.4 is 5.73 Å². The number of amides is 1. The lowest BCUT2D eigenvalue weighted by Crippen LogP contribution is -2.46. The van der Waals surface area contributed by atoms with Crippen LogP contribution in [0.4, 0.5) is 8.78 Å². The summed E-state index contributed by atoms with van der Waals surface area (Å²) in [5, 5.41) is 0. The molecular formula is C14H16F2N2OS. The van der Waals surface area contributed by atoms with Gasteiger partial charge in [0.1, 0.15) is 0 Å². The van der Waals surface area contributed by atoms with Crippen molar-refractivity contribution in [2.75, 3.05) is 13.1 Å². The van der Waals surface area contributed by atoms with Crippen molar-refractivity contribution in [3.63, 3.8) is 0 Å². The van der Waals surface area contributed by atoms with Gasteiger partial charge in [-0.25, -0.2) is 8.78 Å². The Labute approximate surface area is 121 Å². The van der Waals surface area contributed by atoms with Gasteiger partial charge in [0, 0.05) is 24.1 Å². The van der Waals surface area contributed by atoms with Gasteiger partial charge in [0.15, 0.2) is 11.6 Å². The molecule has 108 valence electrons. The molecule has 0 aromatic heterocycles. The molecule has 6 heteroatoms. The first kappa shape index (κ1) is 14.8. The predicted molar refractivity (Wildman–Crippen MR) is 76.4 cm³/mol. The molecule has 1 amide bonds. The lowest BCUT2D eigenvalue weighted by molar-refractivity contribution is 0.0669. The Morgan fingerprint density at radius 1 is 1.30 bits per heavy atom. The highest BCUT2D eigenvalue weighted by atomic mass is 32.1. The first-order chi connectivity index (χ1) is 9.33. The van der Waals surface area contributed by atoms with Crippen LogP contribution in [-0.2, 0) is 0 Å². The summed E-state index contributed by atoms with van der Waals surface area (Å²) in [7, 11) is 0. The third kappa shape index (κ3) is 2.80. The minimum atomic E-state index is -1.01. The van der Waals surface area contributed by atoms with E-state index in [-0.39, 0.29) is 16.9 Å². The van der Waals surface area contributed by atoms with Crippen molar-refractivity contribution in [1.82, 2.24) is 4.90 Å². The normalized spacial score (nSPS) is 17.9. The zero-order chi connectivity index (χ0) is 14.9. The number of halogens is 2. The standard InChI is InChI=1S/C14H16F2N2OS/c1-14(13(17)20)4-6-18(7-5-14)12(19)9-2-3-10(15)11(16)8-9/h2-3,8H,4-7H2,1H3,(H2,17,20). The fourth-order valence-electron chi connectivity index (χ4n) is 2.26. The van der Waals surface area contributed by atoms with E-state index in [2.05, 4.69) is 0 Å². The van der Waals surface area contributed by atoms with E-state index in [4.69, 9.17) is 18.0 Å². The van der Waals surface area contributed by atoms with Crippen LogP contribution in [0.3, 0.4) is 0 Å². The van der Waals surface area contributed by atoms with E-state index in [0.29, 0.717) is 30.9 Å². The van der Waals surface area contributed by atoms with E-state index in [0.717, 1.165) is 12.1 Å². The molecule has 3 nitrogen and oxygen atoms in total. The quantitative estimate of drug-likeness (QED) is 0.853. The maximum atomic E-state index is 13.2. The van der Waals surface area contributed by atoms with E-state index in [1.165, 1.54) is 6.07 Å². The van der Waals surface area contributed by atoms with E-state index in [9.17, 15) is 13.6 Å². The lowest BCUT2D eigenvalue weighted by Gasteiger charge is -2.38. The van der Waals surface area contributed by atoms with Crippen LogP contribution in [0.2, 0.25) is 0 Å². The van der Waals surface area contributed by atoms with Crippen LogP contribution in [0.1, 0.15) is 30.1 Å². The second kappa shape index (κ2) is 5.44. The minimum Gasteiger partial charge on any atom is -0.393 e. The summed E-state index contributed by atoms with van der Waals surface area (Å²) in [6, 6.07) is 3.19. The molecule has 0 bridgehead atoms. The molecule has 1 heterocycles. The maximum Gasteiger partial charge on any atom is 0.253 e. The van der Waals surface area contributed by atoms with Crippen molar-refractivity contribution in [3.05, 3.63) is 35.4 Å². The molecule has 0 saturated carbocycles. The van der Waals surface area contributed by atoms with Crippen LogP contribution in [-0.4, -0.2) is 28.9 Å². The zero-order valence-electron chi connectivity index (χ0n) is 11.2. The van der Waals surface area contributed by atoms with Gasteiger partial charge < -0.3 is 10.6 Å². The molecule has 0 radical (unpaired) electrons. The van der Waals surface area contributed by atoms with E-state index in [1.807, 2.05) is 6.92 Å². The average Bonchev–Trinajstić information content (AvgIpc) is 2.42. The molecule has 0 unspecified atom stereocenters. The van der Waals surface area contributed by atoms with Gasteiger partial charge in [-0.05, 0) is 31.0 Å². The molecule has 2 rings (SSSR count). The third-order valence-electron chi connectivity index (χ3n) is 3.92. The Hall–Kier alpha value is -1.56. The van der Waals surface area contributed by atoms with Crippen molar-refractivity contribution >= 4 is 23.1 Å². The number of hydrogen-bond acceptors (Lipinski definition) is 2. The number of benzene rings is 1. The molecule has 1 aliphatic heterocycles. The molecule has 0 atom stereocenters. The summed E-state index contributed by atoms with van der Waals surface area (Å²) in [5.41, 5.74) is 5.63. The second-order valence-corrected chi connectivity index (χ2v) is 5.79. The van der Waals surface area contributed by atoms with Crippen molar-refractivity contribution in [2.45, 2.75) is 19.8 Å². The fraction of sp³-hybridized carbons (Fsp3) is 0.429. The van der Waals surface area contributed by atoms with Gasteiger partial charge in [0.05, 0.1) is 4.99 Å². The SMILES string of the molecule is CC1(C(N)=S)CCN(C(=O)c2ccc(F)c(F)c2)CC1. The summed E-state index contributed by atoms with van der Waals surface area (Å²) in [5.74, 6) is -2.27. The zero-order valence-corrected chi connectivity index (χ0v) is 12.0. The van der Waals surface area contributed by atoms with E-state index in [1.54, 1.807) is 4.90 Å². The largest absolute Gasteiger partial charge is 0.393 e.